The van der Waals surface area contributed by atoms with Crippen molar-refractivity contribution < 1.29 is 4.74 Å². The predicted molar refractivity (Wildman–Crippen MR) is 66.8 cm³/mol. The van der Waals surface area contributed by atoms with E-state index in [0.29, 0.717) is 12.6 Å². The standard InChI is InChI=1S/C13H20N2O/c1-15(13-7-9-16-10-13)12-4-2-11(3-5-12)6-8-14/h2-5,13H,6-10,14H2,1H3. The minimum absolute atomic E-state index is 0.528. The lowest BCUT2D eigenvalue weighted by molar-refractivity contribution is 0.193. The average Bonchev–Trinajstić information content (AvgIpc) is 2.83. The van der Waals surface area contributed by atoms with Crippen molar-refractivity contribution in [3.8, 4) is 0 Å². The van der Waals surface area contributed by atoms with Crippen LogP contribution in [0.25, 0.3) is 0 Å². The minimum Gasteiger partial charge on any atom is -0.379 e. The van der Waals surface area contributed by atoms with Gasteiger partial charge in [0.15, 0.2) is 0 Å². The van der Waals surface area contributed by atoms with Gasteiger partial charge >= 0.3 is 0 Å². The molecular weight excluding hydrogens is 200 g/mol. The number of nitrogens with zero attached hydrogens (tertiary/aromatic N) is 1. The van der Waals surface area contributed by atoms with E-state index in [4.69, 9.17) is 10.5 Å². The summed E-state index contributed by atoms with van der Waals surface area (Å²) in [4.78, 5) is 2.30. The van der Waals surface area contributed by atoms with E-state index in [-0.39, 0.29) is 0 Å². The van der Waals surface area contributed by atoms with Gasteiger partial charge in [-0.15, -0.1) is 0 Å². The number of anilines is 1. The van der Waals surface area contributed by atoms with Gasteiger partial charge in [0.2, 0.25) is 0 Å². The van der Waals surface area contributed by atoms with Gasteiger partial charge in [0, 0.05) is 19.3 Å². The number of rotatable bonds is 4. The first kappa shape index (κ1) is 11.4. The summed E-state index contributed by atoms with van der Waals surface area (Å²) in [6, 6.07) is 9.19. The van der Waals surface area contributed by atoms with Crippen molar-refractivity contribution in [2.24, 2.45) is 5.73 Å². The van der Waals surface area contributed by atoms with Crippen LogP contribution in [-0.4, -0.2) is 32.8 Å². The molecule has 0 aliphatic carbocycles. The van der Waals surface area contributed by atoms with Gasteiger partial charge in [0.1, 0.15) is 0 Å². The quantitative estimate of drug-likeness (QED) is 0.834. The highest BCUT2D eigenvalue weighted by atomic mass is 16.5. The molecule has 1 aliphatic heterocycles. The van der Waals surface area contributed by atoms with Crippen LogP contribution in [0.5, 0.6) is 0 Å². The van der Waals surface area contributed by atoms with Gasteiger partial charge in [-0.05, 0) is 37.1 Å². The molecule has 88 valence electrons. The van der Waals surface area contributed by atoms with Crippen molar-refractivity contribution >= 4 is 5.69 Å². The van der Waals surface area contributed by atoms with Crippen molar-refractivity contribution in [1.82, 2.24) is 0 Å². The normalized spacial score (nSPS) is 20.0. The summed E-state index contributed by atoms with van der Waals surface area (Å²) in [7, 11) is 2.14. The lowest BCUT2D eigenvalue weighted by Gasteiger charge is -2.25. The number of nitrogens with two attached hydrogens (primary N) is 1. The zero-order valence-corrected chi connectivity index (χ0v) is 9.86. The Bertz CT molecular complexity index is 317. The summed E-state index contributed by atoms with van der Waals surface area (Å²) >= 11 is 0. The smallest absolute Gasteiger partial charge is 0.0670 e. The maximum atomic E-state index is 5.53. The molecule has 2 N–H and O–H groups in total. The maximum absolute atomic E-state index is 5.53. The number of ether oxygens (including phenoxy) is 1. The monoisotopic (exact) mass is 220 g/mol. The molecule has 1 aliphatic rings. The van der Waals surface area contributed by atoms with Crippen LogP contribution in [0.3, 0.4) is 0 Å². The Morgan fingerprint density at radius 3 is 2.69 bits per heavy atom. The lowest BCUT2D eigenvalue weighted by Crippen LogP contribution is -2.31. The van der Waals surface area contributed by atoms with Gasteiger partial charge in [0.25, 0.3) is 0 Å². The summed E-state index contributed by atoms with van der Waals surface area (Å²) in [6.07, 6.45) is 2.08. The van der Waals surface area contributed by atoms with Crippen LogP contribution in [0, 0.1) is 0 Å². The minimum atomic E-state index is 0.528. The highest BCUT2D eigenvalue weighted by molar-refractivity contribution is 5.48. The summed E-state index contributed by atoms with van der Waals surface area (Å²) < 4.78 is 5.40. The highest BCUT2D eigenvalue weighted by Crippen LogP contribution is 2.20. The predicted octanol–water partition coefficient (Wildman–Crippen LogP) is 1.41. The first-order valence-corrected chi connectivity index (χ1v) is 5.91. The zero-order valence-electron chi connectivity index (χ0n) is 9.86. The second-order valence-electron chi connectivity index (χ2n) is 4.33. The molecule has 3 nitrogen and oxygen atoms in total. The van der Waals surface area contributed by atoms with Gasteiger partial charge in [-0.2, -0.15) is 0 Å². The van der Waals surface area contributed by atoms with Crippen LogP contribution in [0.15, 0.2) is 24.3 Å². The third-order valence-electron chi connectivity index (χ3n) is 3.23. The number of hydrogen-bond acceptors (Lipinski definition) is 3. The Morgan fingerprint density at radius 1 is 1.38 bits per heavy atom. The largest absolute Gasteiger partial charge is 0.379 e. The van der Waals surface area contributed by atoms with Crippen molar-refractivity contribution in [3.63, 3.8) is 0 Å². The molecule has 0 amide bonds. The van der Waals surface area contributed by atoms with Gasteiger partial charge in [0.05, 0.1) is 12.6 Å². The van der Waals surface area contributed by atoms with E-state index in [1.807, 2.05) is 0 Å². The molecule has 0 spiro atoms. The Labute approximate surface area is 97.2 Å². The molecule has 1 unspecified atom stereocenters. The van der Waals surface area contributed by atoms with E-state index in [0.717, 1.165) is 26.1 Å². The van der Waals surface area contributed by atoms with E-state index in [2.05, 4.69) is 36.2 Å². The summed E-state index contributed by atoms with van der Waals surface area (Å²) in [6.45, 7) is 2.45. The number of benzene rings is 1. The molecule has 1 saturated heterocycles. The van der Waals surface area contributed by atoms with Crippen molar-refractivity contribution in [1.29, 1.82) is 0 Å². The molecule has 2 rings (SSSR count). The zero-order chi connectivity index (χ0) is 11.4. The number of likely N-dealkylation sites (N-methyl/N-ethyl adjacent to an activating group) is 1. The maximum Gasteiger partial charge on any atom is 0.0670 e. The van der Waals surface area contributed by atoms with E-state index in [1.54, 1.807) is 0 Å². The fourth-order valence-corrected chi connectivity index (χ4v) is 2.10. The fraction of sp³-hybridized carbons (Fsp3) is 0.538. The molecule has 1 aromatic rings. The third-order valence-corrected chi connectivity index (χ3v) is 3.23. The Balaban J connectivity index is 2.02. The first-order chi connectivity index (χ1) is 7.81. The van der Waals surface area contributed by atoms with Crippen LogP contribution in [0.1, 0.15) is 12.0 Å². The second-order valence-corrected chi connectivity index (χ2v) is 4.33. The lowest BCUT2D eigenvalue weighted by atomic mass is 10.1. The summed E-state index contributed by atoms with van der Waals surface area (Å²) in [5, 5.41) is 0. The van der Waals surface area contributed by atoms with Crippen LogP contribution in [-0.2, 0) is 11.2 Å². The molecule has 3 heteroatoms. The Hall–Kier alpha value is -1.06. The molecule has 0 radical (unpaired) electrons. The molecule has 1 atom stereocenters. The van der Waals surface area contributed by atoms with Gasteiger partial charge in [-0.25, -0.2) is 0 Å². The molecule has 1 fully saturated rings. The van der Waals surface area contributed by atoms with Crippen molar-refractivity contribution in [2.45, 2.75) is 18.9 Å². The Kier molecular flexibility index (Phi) is 3.80. The first-order valence-electron chi connectivity index (χ1n) is 5.91. The van der Waals surface area contributed by atoms with Gasteiger partial charge in [-0.1, -0.05) is 12.1 Å². The third kappa shape index (κ3) is 2.54. The Morgan fingerprint density at radius 2 is 2.12 bits per heavy atom. The van der Waals surface area contributed by atoms with Crippen molar-refractivity contribution in [2.75, 3.05) is 31.7 Å². The number of hydrogen-bond donors (Lipinski definition) is 1. The van der Waals surface area contributed by atoms with E-state index >= 15 is 0 Å². The van der Waals surface area contributed by atoms with E-state index < -0.39 is 0 Å². The molecule has 16 heavy (non-hydrogen) atoms. The molecule has 0 aromatic heterocycles. The van der Waals surface area contributed by atoms with Crippen LogP contribution in [0.4, 0.5) is 5.69 Å². The van der Waals surface area contributed by atoms with Crippen LogP contribution in [0.2, 0.25) is 0 Å². The molecule has 0 saturated carbocycles. The fourth-order valence-electron chi connectivity index (χ4n) is 2.10. The average molecular weight is 220 g/mol. The van der Waals surface area contributed by atoms with Gasteiger partial charge < -0.3 is 15.4 Å². The van der Waals surface area contributed by atoms with Crippen LogP contribution >= 0.6 is 0 Å². The topological polar surface area (TPSA) is 38.5 Å². The molecular formula is C13H20N2O. The molecule has 1 aromatic carbocycles. The van der Waals surface area contributed by atoms with Crippen LogP contribution < -0.4 is 10.6 Å². The molecule has 0 bridgehead atoms. The second kappa shape index (κ2) is 5.32. The SMILES string of the molecule is CN(c1ccc(CCN)cc1)C1CCOC1. The molecule has 1 heterocycles. The van der Waals surface area contributed by atoms with Gasteiger partial charge in [-0.3, -0.25) is 0 Å². The summed E-state index contributed by atoms with van der Waals surface area (Å²) in [5.41, 5.74) is 8.10. The summed E-state index contributed by atoms with van der Waals surface area (Å²) in [5.74, 6) is 0. The highest BCUT2D eigenvalue weighted by Gasteiger charge is 2.20. The van der Waals surface area contributed by atoms with E-state index in [9.17, 15) is 0 Å². The van der Waals surface area contributed by atoms with Crippen molar-refractivity contribution in [3.05, 3.63) is 29.8 Å². The van der Waals surface area contributed by atoms with E-state index in [1.165, 1.54) is 11.3 Å².